The Morgan fingerprint density at radius 1 is 0.560 bits per heavy atom. The molecular weight excluding hydrogens is 379 g/mol. The Morgan fingerprint density at radius 2 is 0.880 bits per heavy atom. The Morgan fingerprint density at radius 3 is 1.16 bits per heavy atom. The molecule has 0 aromatic heterocycles. The smallest absolute Gasteiger partial charge is 0.256 e. The molecule has 152 valence electrons. The molecule has 0 aliphatic heterocycles. The second-order valence-electron chi connectivity index (χ2n) is 9.05. The number of hydrogen-bond donors (Lipinski definition) is 3. The van der Waals surface area contributed by atoms with Gasteiger partial charge in [0.15, 0.2) is 16.8 Å². The predicted octanol–water partition coefficient (Wildman–Crippen LogP) is 4.20. The number of rotatable bonds is 14. The first-order valence-electron chi connectivity index (χ1n) is 9.90. The first-order chi connectivity index (χ1) is 11.2. The molecule has 0 rings (SSSR count). The zero-order valence-electron chi connectivity index (χ0n) is 18.6. The van der Waals surface area contributed by atoms with Gasteiger partial charge in [-0.2, -0.15) is 0 Å². The summed E-state index contributed by atoms with van der Waals surface area (Å²) in [6.45, 7) is 24.7. The molecule has 0 aliphatic rings. The monoisotopic (exact) mass is 423 g/mol. The lowest BCUT2D eigenvalue weighted by Crippen LogP contribution is -2.78. The van der Waals surface area contributed by atoms with E-state index in [-0.39, 0.29) is 0 Å². The molecule has 9 heteroatoms. The lowest BCUT2D eigenvalue weighted by Gasteiger charge is -2.42. The minimum absolute atomic E-state index is 0.873. The van der Waals surface area contributed by atoms with Crippen molar-refractivity contribution in [3.63, 3.8) is 0 Å². The number of hydrogen-bond acceptors (Lipinski definition) is 5. The zero-order chi connectivity index (χ0) is 19.8. The molecule has 0 aromatic rings. The predicted molar refractivity (Wildman–Crippen MR) is 121 cm³/mol. The Labute approximate surface area is 161 Å². The minimum Gasteiger partial charge on any atom is -0.404 e. The van der Waals surface area contributed by atoms with E-state index < -0.39 is 33.8 Å². The molecule has 0 bridgehead atoms. The van der Waals surface area contributed by atoms with E-state index in [1.165, 1.54) is 12.8 Å². The van der Waals surface area contributed by atoms with Crippen molar-refractivity contribution in [2.75, 3.05) is 13.2 Å². The molecule has 0 radical (unpaired) electrons. The van der Waals surface area contributed by atoms with Crippen LogP contribution in [0.4, 0.5) is 0 Å². The molecule has 5 nitrogen and oxygen atoms in total. The first kappa shape index (κ1) is 25.7. The van der Waals surface area contributed by atoms with Crippen molar-refractivity contribution in [2.45, 2.75) is 91.9 Å². The Kier molecular flexibility index (Phi) is 11.2. The summed E-state index contributed by atoms with van der Waals surface area (Å²) in [4.78, 5) is 0. The highest BCUT2D eigenvalue weighted by Crippen LogP contribution is 2.11. The van der Waals surface area contributed by atoms with E-state index >= 15 is 0 Å². The van der Waals surface area contributed by atoms with Crippen molar-refractivity contribution < 1.29 is 8.85 Å². The largest absolute Gasteiger partial charge is 0.404 e. The summed E-state index contributed by atoms with van der Waals surface area (Å²) in [5, 5.41) is 0. The van der Waals surface area contributed by atoms with E-state index in [0.29, 0.717) is 0 Å². The van der Waals surface area contributed by atoms with Crippen LogP contribution in [0.15, 0.2) is 0 Å². The molecule has 0 aliphatic carbocycles. The highest BCUT2D eigenvalue weighted by atomic mass is 28.5. The standard InChI is InChI=1S/C16H45N3O2Si4/c1-11-13-15-20-24(7,8)18-22(3,4)17-23(5,6)19-25(9,10)21-16-14-12-2/h17-19H,11-16H2,1-10H3. The van der Waals surface area contributed by atoms with Gasteiger partial charge in [-0.15, -0.1) is 0 Å². The summed E-state index contributed by atoms with van der Waals surface area (Å²) in [6.07, 6.45) is 4.66. The Bertz CT molecular complexity index is 346. The molecule has 0 saturated carbocycles. The molecule has 3 N–H and O–H groups in total. The molecule has 0 saturated heterocycles. The Hall–Kier alpha value is 0.668. The van der Waals surface area contributed by atoms with E-state index in [2.05, 4.69) is 80.2 Å². The summed E-state index contributed by atoms with van der Waals surface area (Å²) < 4.78 is 24.2. The number of unbranched alkanes of at least 4 members (excludes halogenated alkanes) is 2. The van der Waals surface area contributed by atoms with E-state index in [4.69, 9.17) is 8.85 Å². The van der Waals surface area contributed by atoms with Gasteiger partial charge in [0.1, 0.15) is 0 Å². The third-order valence-electron chi connectivity index (χ3n) is 3.77. The molecular formula is C16H45N3O2Si4. The van der Waals surface area contributed by atoms with E-state index in [1.54, 1.807) is 0 Å². The molecule has 0 amide bonds. The summed E-state index contributed by atoms with van der Waals surface area (Å²) in [7, 11) is -7.21. The van der Waals surface area contributed by atoms with Gasteiger partial charge in [-0.25, -0.2) is 0 Å². The molecule has 0 fully saturated rings. The second-order valence-corrected chi connectivity index (χ2v) is 25.2. The number of nitrogens with one attached hydrogen (secondary N) is 3. The third kappa shape index (κ3) is 13.5. The fourth-order valence-electron chi connectivity index (χ4n) is 3.36. The maximum Gasteiger partial charge on any atom is 0.256 e. The summed E-state index contributed by atoms with van der Waals surface area (Å²) >= 11 is 0. The van der Waals surface area contributed by atoms with Crippen LogP contribution >= 0.6 is 0 Å². The van der Waals surface area contributed by atoms with Crippen molar-refractivity contribution in [1.29, 1.82) is 0 Å². The lowest BCUT2D eigenvalue weighted by atomic mass is 10.4. The van der Waals surface area contributed by atoms with Crippen LogP contribution in [0.2, 0.25) is 52.4 Å². The van der Waals surface area contributed by atoms with E-state index in [0.717, 1.165) is 26.1 Å². The van der Waals surface area contributed by atoms with Crippen LogP contribution in [-0.4, -0.2) is 47.0 Å². The SMILES string of the molecule is CCCCO[Si](C)(C)N[Si](C)(C)N[Si](C)(C)N[Si](C)(C)OCCCC. The van der Waals surface area contributed by atoms with Crippen LogP contribution in [-0.2, 0) is 8.85 Å². The maximum atomic E-state index is 6.19. The van der Waals surface area contributed by atoms with Gasteiger partial charge >= 0.3 is 0 Å². The third-order valence-corrected chi connectivity index (χ3v) is 20.4. The summed E-state index contributed by atoms with van der Waals surface area (Å²) in [5.74, 6) is 0. The summed E-state index contributed by atoms with van der Waals surface area (Å²) in [5.41, 5.74) is 0. The van der Waals surface area contributed by atoms with Crippen molar-refractivity contribution in [3.8, 4) is 0 Å². The van der Waals surface area contributed by atoms with Crippen LogP contribution in [0.5, 0.6) is 0 Å². The highest BCUT2D eigenvalue weighted by molar-refractivity contribution is 6.98. The van der Waals surface area contributed by atoms with Gasteiger partial charge in [0, 0.05) is 13.2 Å². The van der Waals surface area contributed by atoms with Crippen molar-refractivity contribution in [1.82, 2.24) is 13.9 Å². The van der Waals surface area contributed by atoms with Crippen LogP contribution in [0.1, 0.15) is 39.5 Å². The van der Waals surface area contributed by atoms with Crippen LogP contribution in [0.25, 0.3) is 0 Å². The topological polar surface area (TPSA) is 54.5 Å². The Balaban J connectivity index is 4.67. The second kappa shape index (κ2) is 10.9. The fraction of sp³-hybridized carbons (Fsp3) is 1.00. The van der Waals surface area contributed by atoms with Crippen molar-refractivity contribution in [2.24, 2.45) is 0 Å². The minimum atomic E-state index is -1.84. The molecule has 0 spiro atoms. The van der Waals surface area contributed by atoms with Crippen LogP contribution in [0, 0.1) is 0 Å². The molecule has 25 heavy (non-hydrogen) atoms. The van der Waals surface area contributed by atoms with E-state index in [1.807, 2.05) is 0 Å². The maximum absolute atomic E-state index is 6.19. The van der Waals surface area contributed by atoms with Gasteiger partial charge in [0.25, 0.3) is 17.0 Å². The van der Waals surface area contributed by atoms with Crippen molar-refractivity contribution in [3.05, 3.63) is 0 Å². The van der Waals surface area contributed by atoms with Crippen LogP contribution < -0.4 is 13.9 Å². The average Bonchev–Trinajstić information content (AvgIpc) is 2.34. The normalized spacial score (nSPS) is 14.2. The molecule has 0 aromatic carbocycles. The van der Waals surface area contributed by atoms with Gasteiger partial charge in [0.2, 0.25) is 0 Å². The molecule has 0 atom stereocenters. The fourth-order valence-corrected chi connectivity index (χ4v) is 25.2. The van der Waals surface area contributed by atoms with Gasteiger partial charge in [-0.05, 0) is 65.2 Å². The van der Waals surface area contributed by atoms with Crippen molar-refractivity contribution >= 4 is 33.8 Å². The lowest BCUT2D eigenvalue weighted by molar-refractivity contribution is 0.295. The quantitative estimate of drug-likeness (QED) is 0.289. The average molecular weight is 424 g/mol. The molecule has 0 unspecified atom stereocenters. The van der Waals surface area contributed by atoms with Crippen LogP contribution in [0.3, 0.4) is 0 Å². The first-order valence-corrected chi connectivity index (χ1v) is 21.7. The highest BCUT2D eigenvalue weighted by Gasteiger charge is 2.40. The van der Waals surface area contributed by atoms with Gasteiger partial charge in [-0.1, -0.05) is 26.7 Å². The van der Waals surface area contributed by atoms with E-state index in [9.17, 15) is 0 Å². The van der Waals surface area contributed by atoms with Gasteiger partial charge in [0.05, 0.1) is 0 Å². The molecule has 0 heterocycles. The summed E-state index contributed by atoms with van der Waals surface area (Å²) in [6, 6.07) is 0. The van der Waals surface area contributed by atoms with Gasteiger partial charge < -0.3 is 22.8 Å². The van der Waals surface area contributed by atoms with Gasteiger partial charge in [-0.3, -0.25) is 0 Å². The zero-order valence-corrected chi connectivity index (χ0v) is 22.6.